The van der Waals surface area contributed by atoms with Gasteiger partial charge in [-0.2, -0.15) is 5.10 Å². The molecule has 0 aliphatic rings. The molecule has 0 aliphatic heterocycles. The lowest BCUT2D eigenvalue weighted by molar-refractivity contribution is 0.534. The summed E-state index contributed by atoms with van der Waals surface area (Å²) in [4.78, 5) is 3.22. The SMILES string of the molecule is CCCCCCCCCCCCCCCCCS(=O)(=O)Nc1cccc(-c2nn3nc(C)cc3[nH]2)c1. The first-order valence-corrected chi connectivity index (χ1v) is 15.7. The summed E-state index contributed by atoms with van der Waals surface area (Å²) >= 11 is 0. The molecule has 3 rings (SSSR count). The third kappa shape index (κ3) is 9.96. The number of anilines is 1. The topological polar surface area (TPSA) is 92.2 Å². The Balaban J connectivity index is 1.26. The number of fused-ring (bicyclic) bond motifs is 1. The molecule has 7 nitrogen and oxygen atoms in total. The number of H-pyrrole nitrogens is 1. The fraction of sp³-hybridized carbons (Fsp3) is 0.643. The van der Waals surface area contributed by atoms with E-state index in [-0.39, 0.29) is 5.75 Å². The van der Waals surface area contributed by atoms with Crippen LogP contribution in [0.5, 0.6) is 0 Å². The zero-order valence-electron chi connectivity index (χ0n) is 22.3. The molecule has 0 amide bonds. The molecule has 3 aromatic rings. The predicted molar refractivity (Wildman–Crippen MR) is 150 cm³/mol. The van der Waals surface area contributed by atoms with Gasteiger partial charge < -0.3 is 4.98 Å². The van der Waals surface area contributed by atoms with Crippen LogP contribution in [0.25, 0.3) is 17.0 Å². The first-order valence-electron chi connectivity index (χ1n) is 14.0. The summed E-state index contributed by atoms with van der Waals surface area (Å²) in [6.45, 7) is 4.18. The maximum atomic E-state index is 12.6. The van der Waals surface area contributed by atoms with Gasteiger partial charge in [0.25, 0.3) is 0 Å². The van der Waals surface area contributed by atoms with Crippen LogP contribution >= 0.6 is 0 Å². The minimum Gasteiger partial charge on any atom is -0.321 e. The lowest BCUT2D eigenvalue weighted by Gasteiger charge is -2.09. The van der Waals surface area contributed by atoms with Crippen molar-refractivity contribution in [1.82, 2.24) is 19.8 Å². The average Bonchev–Trinajstić information content (AvgIpc) is 3.39. The fourth-order valence-electron chi connectivity index (χ4n) is 4.64. The lowest BCUT2D eigenvalue weighted by Crippen LogP contribution is -2.16. The molecular formula is C28H45N5O2S. The molecule has 2 heterocycles. The highest BCUT2D eigenvalue weighted by Gasteiger charge is 2.12. The van der Waals surface area contributed by atoms with E-state index >= 15 is 0 Å². The molecule has 0 fully saturated rings. The lowest BCUT2D eigenvalue weighted by atomic mass is 10.0. The Morgan fingerprint density at radius 2 is 1.39 bits per heavy atom. The van der Waals surface area contributed by atoms with Crippen molar-refractivity contribution in [1.29, 1.82) is 0 Å². The second kappa shape index (κ2) is 15.0. The number of rotatable bonds is 19. The minimum atomic E-state index is -3.37. The van der Waals surface area contributed by atoms with Crippen molar-refractivity contribution < 1.29 is 8.42 Å². The zero-order chi connectivity index (χ0) is 25.6. The number of aromatic amines is 1. The van der Waals surface area contributed by atoms with Crippen molar-refractivity contribution in [2.45, 2.75) is 110 Å². The van der Waals surface area contributed by atoms with Crippen LogP contribution in [0.3, 0.4) is 0 Å². The van der Waals surface area contributed by atoms with Gasteiger partial charge in [-0.3, -0.25) is 4.72 Å². The molecule has 0 spiro atoms. The number of sulfonamides is 1. The second-order valence-corrected chi connectivity index (χ2v) is 11.9. The minimum absolute atomic E-state index is 0.156. The average molecular weight is 516 g/mol. The number of hydrogen-bond donors (Lipinski definition) is 2. The molecule has 2 N–H and O–H groups in total. The largest absolute Gasteiger partial charge is 0.321 e. The number of benzene rings is 1. The standard InChI is InChI=1S/C28H45N5O2S/c1-3-4-5-6-7-8-9-10-11-12-13-14-15-16-17-21-36(34,35)32-26-20-18-19-25(23-26)28-29-27-22-24(2)30-33(27)31-28/h18-20,22-23,32H,3-17,21H2,1-2H3,(H,29,31). The van der Waals surface area contributed by atoms with E-state index < -0.39 is 10.0 Å². The molecule has 36 heavy (non-hydrogen) atoms. The van der Waals surface area contributed by atoms with Crippen molar-refractivity contribution in [3.05, 3.63) is 36.0 Å². The number of nitrogens with zero attached hydrogens (tertiary/aromatic N) is 3. The number of hydrogen-bond acceptors (Lipinski definition) is 4. The van der Waals surface area contributed by atoms with Crippen molar-refractivity contribution in [2.75, 3.05) is 10.5 Å². The van der Waals surface area contributed by atoms with Crippen molar-refractivity contribution in [2.24, 2.45) is 0 Å². The molecule has 200 valence electrons. The van der Waals surface area contributed by atoms with Gasteiger partial charge in [-0.15, -0.1) is 9.73 Å². The van der Waals surface area contributed by atoms with Crippen LogP contribution in [0.15, 0.2) is 30.3 Å². The molecule has 0 saturated heterocycles. The van der Waals surface area contributed by atoms with Crippen molar-refractivity contribution in [3.63, 3.8) is 0 Å². The van der Waals surface area contributed by atoms with Crippen LogP contribution < -0.4 is 4.72 Å². The smallest absolute Gasteiger partial charge is 0.232 e. The first-order chi connectivity index (χ1) is 17.5. The number of unbranched alkanes of at least 4 members (excludes halogenated alkanes) is 14. The van der Waals surface area contributed by atoms with Gasteiger partial charge in [0.1, 0.15) is 0 Å². The summed E-state index contributed by atoms with van der Waals surface area (Å²) in [5.41, 5.74) is 3.06. The van der Waals surface area contributed by atoms with E-state index in [1.807, 2.05) is 25.1 Å². The Hall–Kier alpha value is -2.35. The van der Waals surface area contributed by atoms with Gasteiger partial charge in [-0.05, 0) is 25.5 Å². The normalized spacial score (nSPS) is 11.9. The van der Waals surface area contributed by atoms with E-state index in [1.54, 1.807) is 16.8 Å². The van der Waals surface area contributed by atoms with Gasteiger partial charge in [0.05, 0.1) is 11.4 Å². The highest BCUT2D eigenvalue weighted by Crippen LogP contribution is 2.22. The summed E-state index contributed by atoms with van der Waals surface area (Å²) in [6, 6.07) is 9.22. The quantitative estimate of drug-likeness (QED) is 0.160. The van der Waals surface area contributed by atoms with E-state index in [0.29, 0.717) is 17.9 Å². The molecule has 8 heteroatoms. The monoisotopic (exact) mass is 515 g/mol. The van der Waals surface area contributed by atoms with Crippen LogP contribution in [0, 0.1) is 6.92 Å². The summed E-state index contributed by atoms with van der Waals surface area (Å²) in [5.74, 6) is 0.810. The zero-order valence-corrected chi connectivity index (χ0v) is 23.1. The van der Waals surface area contributed by atoms with Crippen LogP contribution in [-0.2, 0) is 10.0 Å². The molecule has 2 aromatic heterocycles. The number of aromatic nitrogens is 4. The van der Waals surface area contributed by atoms with E-state index in [1.165, 1.54) is 77.0 Å². The number of nitrogens with one attached hydrogen (secondary N) is 2. The number of aryl methyl sites for hydroxylation is 1. The Kier molecular flexibility index (Phi) is 11.8. The van der Waals surface area contributed by atoms with Crippen LogP contribution in [0.1, 0.15) is 109 Å². The Labute approximate surface area is 217 Å². The predicted octanol–water partition coefficient (Wildman–Crippen LogP) is 7.65. The molecule has 0 atom stereocenters. The highest BCUT2D eigenvalue weighted by atomic mass is 32.2. The third-order valence-corrected chi connectivity index (χ3v) is 8.05. The molecular weight excluding hydrogens is 470 g/mol. The second-order valence-electron chi connectivity index (χ2n) is 10.1. The molecule has 0 unspecified atom stereocenters. The molecule has 1 aromatic carbocycles. The van der Waals surface area contributed by atoms with Gasteiger partial charge >= 0.3 is 0 Å². The molecule has 0 radical (unpaired) electrons. The Morgan fingerprint density at radius 1 is 0.806 bits per heavy atom. The van der Waals surface area contributed by atoms with Crippen molar-refractivity contribution in [3.8, 4) is 11.4 Å². The Morgan fingerprint density at radius 3 is 1.97 bits per heavy atom. The maximum absolute atomic E-state index is 12.6. The summed E-state index contributed by atoms with van der Waals surface area (Å²) in [5, 5.41) is 8.73. The van der Waals surface area contributed by atoms with Gasteiger partial charge in [0.15, 0.2) is 11.5 Å². The molecule has 0 aliphatic carbocycles. The highest BCUT2D eigenvalue weighted by molar-refractivity contribution is 7.92. The van der Waals surface area contributed by atoms with E-state index in [0.717, 1.165) is 29.7 Å². The third-order valence-electron chi connectivity index (χ3n) is 6.68. The Bertz CT molecular complexity index is 1100. The fourth-order valence-corrected chi connectivity index (χ4v) is 5.82. The van der Waals surface area contributed by atoms with Crippen LogP contribution in [-0.4, -0.2) is 34.0 Å². The molecule has 0 bridgehead atoms. The van der Waals surface area contributed by atoms with E-state index in [4.69, 9.17) is 0 Å². The van der Waals surface area contributed by atoms with Crippen LogP contribution in [0.4, 0.5) is 5.69 Å². The maximum Gasteiger partial charge on any atom is 0.232 e. The van der Waals surface area contributed by atoms with Crippen molar-refractivity contribution >= 4 is 21.4 Å². The molecule has 0 saturated carbocycles. The summed E-state index contributed by atoms with van der Waals surface area (Å²) < 4.78 is 29.4. The van der Waals surface area contributed by atoms with Gasteiger partial charge in [-0.25, -0.2) is 8.42 Å². The van der Waals surface area contributed by atoms with Gasteiger partial charge in [0, 0.05) is 17.3 Å². The van der Waals surface area contributed by atoms with E-state index in [2.05, 4.69) is 26.8 Å². The first kappa shape index (κ1) is 28.2. The van der Waals surface area contributed by atoms with Gasteiger partial charge in [0.2, 0.25) is 10.0 Å². The van der Waals surface area contributed by atoms with E-state index in [9.17, 15) is 8.42 Å². The summed E-state index contributed by atoms with van der Waals surface area (Å²) in [7, 11) is -3.37. The van der Waals surface area contributed by atoms with Crippen LogP contribution in [0.2, 0.25) is 0 Å². The summed E-state index contributed by atoms with van der Waals surface area (Å²) in [6.07, 6.45) is 19.0. The van der Waals surface area contributed by atoms with Gasteiger partial charge in [-0.1, -0.05) is 109 Å².